The Labute approximate surface area is 137 Å². The van der Waals surface area contributed by atoms with Gasteiger partial charge in [0.2, 0.25) is 5.91 Å². The zero-order chi connectivity index (χ0) is 16.1. The van der Waals surface area contributed by atoms with Gasteiger partial charge < -0.3 is 20.1 Å². The number of anilines is 1. The lowest BCUT2D eigenvalue weighted by molar-refractivity contribution is -0.119. The maximum absolute atomic E-state index is 12.2. The van der Waals surface area contributed by atoms with Crippen molar-refractivity contribution in [2.45, 2.75) is 26.2 Å². The van der Waals surface area contributed by atoms with E-state index in [1.807, 2.05) is 25.1 Å². The van der Waals surface area contributed by atoms with E-state index in [-0.39, 0.29) is 11.8 Å². The number of hydrogen-bond donors (Lipinski definition) is 2. The molecule has 1 atom stereocenters. The highest BCUT2D eigenvalue weighted by Crippen LogP contribution is 2.25. The molecule has 5 nitrogen and oxygen atoms in total. The first-order chi connectivity index (χ1) is 11.2. The van der Waals surface area contributed by atoms with Crippen molar-refractivity contribution in [2.24, 2.45) is 11.8 Å². The molecule has 2 fully saturated rings. The summed E-state index contributed by atoms with van der Waals surface area (Å²) in [5.74, 6) is 1.59. The third-order valence-corrected chi connectivity index (χ3v) is 4.70. The molecule has 2 heterocycles. The van der Waals surface area contributed by atoms with Crippen molar-refractivity contribution in [1.82, 2.24) is 5.32 Å². The Morgan fingerprint density at radius 3 is 2.91 bits per heavy atom. The van der Waals surface area contributed by atoms with E-state index in [1.54, 1.807) is 0 Å². The summed E-state index contributed by atoms with van der Waals surface area (Å²) in [6.45, 7) is 6.10. The highest BCUT2D eigenvalue weighted by atomic mass is 16.5. The van der Waals surface area contributed by atoms with Gasteiger partial charge in [-0.15, -0.1) is 0 Å². The van der Waals surface area contributed by atoms with E-state index in [2.05, 4.69) is 10.6 Å². The van der Waals surface area contributed by atoms with E-state index in [0.29, 0.717) is 12.5 Å². The lowest BCUT2D eigenvalue weighted by Gasteiger charge is -2.22. The summed E-state index contributed by atoms with van der Waals surface area (Å²) in [7, 11) is 0. The predicted octanol–water partition coefficient (Wildman–Crippen LogP) is 2.35. The Morgan fingerprint density at radius 1 is 1.35 bits per heavy atom. The van der Waals surface area contributed by atoms with Crippen LogP contribution < -0.4 is 15.4 Å². The van der Waals surface area contributed by atoms with Gasteiger partial charge in [0.25, 0.3) is 0 Å². The molecule has 2 aliphatic heterocycles. The number of nitrogens with one attached hydrogen (secondary N) is 2. The number of carbonyl (C=O) groups is 1. The van der Waals surface area contributed by atoms with Gasteiger partial charge in [0.1, 0.15) is 5.75 Å². The summed E-state index contributed by atoms with van der Waals surface area (Å²) in [5.41, 5.74) is 1.91. The highest BCUT2D eigenvalue weighted by Gasteiger charge is 2.22. The Kier molecular flexibility index (Phi) is 5.51. The van der Waals surface area contributed by atoms with Gasteiger partial charge in [0, 0.05) is 31.5 Å². The van der Waals surface area contributed by atoms with Crippen LogP contribution in [-0.4, -0.2) is 38.8 Å². The predicted molar refractivity (Wildman–Crippen MR) is 89.8 cm³/mol. The average Bonchev–Trinajstić information content (AvgIpc) is 3.11. The van der Waals surface area contributed by atoms with E-state index in [9.17, 15) is 4.79 Å². The van der Waals surface area contributed by atoms with Crippen LogP contribution in [0.3, 0.4) is 0 Å². The number of carbonyl (C=O) groups excluding carboxylic acids is 1. The number of hydrogen-bond acceptors (Lipinski definition) is 4. The molecule has 0 bridgehead atoms. The van der Waals surface area contributed by atoms with E-state index < -0.39 is 0 Å². The Balaban J connectivity index is 1.58. The molecule has 0 aromatic heterocycles. The normalized spacial score (nSPS) is 22.0. The van der Waals surface area contributed by atoms with Crippen molar-refractivity contribution in [2.75, 3.05) is 38.2 Å². The molecular formula is C18H26N2O3. The largest absolute Gasteiger partial charge is 0.493 e. The highest BCUT2D eigenvalue weighted by molar-refractivity contribution is 5.93. The van der Waals surface area contributed by atoms with E-state index in [0.717, 1.165) is 62.6 Å². The zero-order valence-electron chi connectivity index (χ0n) is 13.8. The minimum Gasteiger partial charge on any atom is -0.493 e. The van der Waals surface area contributed by atoms with Crippen molar-refractivity contribution in [3.63, 3.8) is 0 Å². The quantitative estimate of drug-likeness (QED) is 0.875. The molecule has 1 amide bonds. The first kappa shape index (κ1) is 16.3. The summed E-state index contributed by atoms with van der Waals surface area (Å²) in [6.07, 6.45) is 3.03. The average molecular weight is 318 g/mol. The molecule has 1 unspecified atom stereocenters. The minimum atomic E-state index is 0.0721. The fourth-order valence-electron chi connectivity index (χ4n) is 3.08. The van der Waals surface area contributed by atoms with Gasteiger partial charge in [0.05, 0.1) is 12.5 Å². The van der Waals surface area contributed by atoms with Crippen LogP contribution in [0.1, 0.15) is 24.8 Å². The number of aryl methyl sites for hydroxylation is 1. The van der Waals surface area contributed by atoms with Gasteiger partial charge in [0.15, 0.2) is 0 Å². The maximum Gasteiger partial charge on any atom is 0.228 e. The molecule has 2 N–H and O–H groups in total. The van der Waals surface area contributed by atoms with Crippen LogP contribution in [0, 0.1) is 18.8 Å². The zero-order valence-corrected chi connectivity index (χ0v) is 13.8. The van der Waals surface area contributed by atoms with Crippen molar-refractivity contribution < 1.29 is 14.3 Å². The van der Waals surface area contributed by atoms with Gasteiger partial charge in [-0.3, -0.25) is 4.79 Å². The van der Waals surface area contributed by atoms with Gasteiger partial charge in [-0.25, -0.2) is 0 Å². The number of amides is 1. The topological polar surface area (TPSA) is 59.6 Å². The van der Waals surface area contributed by atoms with Gasteiger partial charge >= 0.3 is 0 Å². The lowest BCUT2D eigenvalue weighted by atomic mass is 10.0. The maximum atomic E-state index is 12.2. The molecule has 0 saturated carbocycles. The second-order valence-electron chi connectivity index (χ2n) is 6.53. The first-order valence-electron chi connectivity index (χ1n) is 8.55. The third-order valence-electron chi connectivity index (χ3n) is 4.70. The van der Waals surface area contributed by atoms with E-state index >= 15 is 0 Å². The van der Waals surface area contributed by atoms with Crippen molar-refractivity contribution in [3.05, 3.63) is 23.8 Å². The molecule has 3 rings (SSSR count). The van der Waals surface area contributed by atoms with Crippen LogP contribution >= 0.6 is 0 Å². The second-order valence-corrected chi connectivity index (χ2v) is 6.53. The summed E-state index contributed by atoms with van der Waals surface area (Å²) in [4.78, 5) is 12.2. The molecule has 1 aromatic rings. The Morgan fingerprint density at radius 2 is 2.17 bits per heavy atom. The molecule has 0 spiro atoms. The molecule has 2 aliphatic rings. The van der Waals surface area contributed by atoms with E-state index in [4.69, 9.17) is 9.47 Å². The molecule has 1 aromatic carbocycles. The monoisotopic (exact) mass is 318 g/mol. The fourth-order valence-corrected chi connectivity index (χ4v) is 3.08. The Hall–Kier alpha value is -1.59. The van der Waals surface area contributed by atoms with Crippen molar-refractivity contribution in [1.29, 1.82) is 0 Å². The van der Waals surface area contributed by atoms with Crippen LogP contribution in [0.4, 0.5) is 5.69 Å². The number of rotatable bonds is 5. The summed E-state index contributed by atoms with van der Waals surface area (Å²) < 4.78 is 11.4. The summed E-state index contributed by atoms with van der Waals surface area (Å²) in [6, 6.07) is 5.88. The first-order valence-corrected chi connectivity index (χ1v) is 8.55. The van der Waals surface area contributed by atoms with E-state index in [1.165, 1.54) is 0 Å². The minimum absolute atomic E-state index is 0.0721. The molecule has 0 radical (unpaired) electrons. The fraction of sp³-hybridized carbons (Fsp3) is 0.611. The van der Waals surface area contributed by atoms with Crippen LogP contribution in [0.15, 0.2) is 18.2 Å². The summed E-state index contributed by atoms with van der Waals surface area (Å²) >= 11 is 0. The van der Waals surface area contributed by atoms with Gasteiger partial charge in [-0.05, 0) is 50.3 Å². The smallest absolute Gasteiger partial charge is 0.228 e. The molecular weight excluding hydrogens is 292 g/mol. The van der Waals surface area contributed by atoms with Crippen molar-refractivity contribution >= 4 is 11.6 Å². The Bertz CT molecular complexity index is 535. The van der Waals surface area contributed by atoms with Crippen LogP contribution in [0.2, 0.25) is 0 Å². The molecule has 2 saturated heterocycles. The van der Waals surface area contributed by atoms with Crippen molar-refractivity contribution in [3.8, 4) is 5.75 Å². The molecule has 0 aliphatic carbocycles. The molecule has 5 heteroatoms. The van der Waals surface area contributed by atoms with Crippen LogP contribution in [0.25, 0.3) is 0 Å². The lowest BCUT2D eigenvalue weighted by Crippen LogP contribution is -2.24. The van der Waals surface area contributed by atoms with Gasteiger partial charge in [-0.2, -0.15) is 0 Å². The SMILES string of the molecule is Cc1ccc(NC(=O)C2CCNC2)cc1OCC1CCOCC1. The standard InChI is InChI=1S/C18H26N2O3/c1-13-2-3-16(20-18(21)15-4-7-19-11-15)10-17(13)23-12-14-5-8-22-9-6-14/h2-3,10,14-15,19H,4-9,11-12H2,1H3,(H,20,21). The van der Waals surface area contributed by atoms with Crippen LogP contribution in [0.5, 0.6) is 5.75 Å². The summed E-state index contributed by atoms with van der Waals surface area (Å²) in [5, 5.41) is 6.23. The van der Waals surface area contributed by atoms with Crippen LogP contribution in [-0.2, 0) is 9.53 Å². The second kappa shape index (κ2) is 7.79. The number of ether oxygens (including phenoxy) is 2. The molecule has 23 heavy (non-hydrogen) atoms. The number of benzene rings is 1. The van der Waals surface area contributed by atoms with Gasteiger partial charge in [-0.1, -0.05) is 6.07 Å². The molecule has 126 valence electrons. The third kappa shape index (κ3) is 4.45.